The normalized spacial score (nSPS) is 31.6. The average Bonchev–Trinajstić information content (AvgIpc) is 3.15. The Kier molecular flexibility index (Phi) is 4.89. The number of rotatable bonds is 5. The first-order valence-corrected chi connectivity index (χ1v) is 9.14. The van der Waals surface area contributed by atoms with Gasteiger partial charge in [-0.15, -0.1) is 0 Å². The number of thioether (sulfide) groups is 1. The van der Waals surface area contributed by atoms with Crippen molar-refractivity contribution >= 4 is 11.8 Å². The Morgan fingerprint density at radius 2 is 2.24 bits per heavy atom. The monoisotopic (exact) mass is 306 g/mol. The van der Waals surface area contributed by atoms with E-state index in [1.807, 2.05) is 11.8 Å². The fraction of sp³-hybridized carbons (Fsp3) is 0.647. The maximum absolute atomic E-state index is 10.4. The second-order valence-electron chi connectivity index (χ2n) is 6.48. The lowest BCUT2D eigenvalue weighted by Crippen LogP contribution is -2.45. The molecule has 1 aromatic rings. The average molecular weight is 306 g/mol. The van der Waals surface area contributed by atoms with Gasteiger partial charge in [0.25, 0.3) is 0 Å². The summed E-state index contributed by atoms with van der Waals surface area (Å²) < 4.78 is 0. The number of hydrogen-bond acceptors (Lipinski definition) is 4. The predicted molar refractivity (Wildman–Crippen MR) is 89.7 cm³/mol. The lowest BCUT2D eigenvalue weighted by atomic mass is 10.0. The summed E-state index contributed by atoms with van der Waals surface area (Å²) in [5, 5.41) is 14.0. The molecule has 2 saturated heterocycles. The molecule has 2 N–H and O–H groups in total. The van der Waals surface area contributed by atoms with Crippen molar-refractivity contribution in [3.63, 3.8) is 0 Å². The molecule has 3 unspecified atom stereocenters. The highest BCUT2D eigenvalue weighted by Gasteiger charge is 2.33. The molecular weight excluding hydrogens is 280 g/mol. The highest BCUT2D eigenvalue weighted by Crippen LogP contribution is 2.28. The maximum Gasteiger partial charge on any atom is 0.0869 e. The van der Waals surface area contributed by atoms with E-state index in [9.17, 15) is 5.11 Å². The van der Waals surface area contributed by atoms with Crippen LogP contribution in [-0.2, 0) is 0 Å². The highest BCUT2D eigenvalue weighted by molar-refractivity contribution is 7.99. The molecule has 0 amide bonds. The number of nitrogens with one attached hydrogen (secondary N) is 1. The van der Waals surface area contributed by atoms with Gasteiger partial charge in [0.1, 0.15) is 0 Å². The highest BCUT2D eigenvalue weighted by atomic mass is 32.2. The molecule has 21 heavy (non-hydrogen) atoms. The molecule has 1 aromatic carbocycles. The summed E-state index contributed by atoms with van der Waals surface area (Å²) in [7, 11) is 0. The minimum absolute atomic E-state index is 0.469. The number of hydrogen-bond donors (Lipinski definition) is 2. The molecule has 0 spiro atoms. The molecule has 2 heterocycles. The van der Waals surface area contributed by atoms with Crippen LogP contribution in [0.5, 0.6) is 0 Å². The van der Waals surface area contributed by atoms with Crippen LogP contribution in [0.25, 0.3) is 0 Å². The van der Waals surface area contributed by atoms with Crippen LogP contribution in [0.15, 0.2) is 30.3 Å². The van der Waals surface area contributed by atoms with Crippen LogP contribution in [0, 0.1) is 0 Å². The Balaban J connectivity index is 1.49. The molecule has 0 radical (unpaired) electrons. The summed E-state index contributed by atoms with van der Waals surface area (Å²) in [6.45, 7) is 5.26. The molecule has 0 bridgehead atoms. The van der Waals surface area contributed by atoms with Crippen LogP contribution in [-0.4, -0.2) is 52.8 Å². The van der Waals surface area contributed by atoms with Gasteiger partial charge in [-0.1, -0.05) is 30.3 Å². The van der Waals surface area contributed by atoms with Crippen molar-refractivity contribution < 1.29 is 5.11 Å². The van der Waals surface area contributed by atoms with Crippen LogP contribution in [0.4, 0.5) is 0 Å². The van der Waals surface area contributed by atoms with Gasteiger partial charge in [-0.3, -0.25) is 4.90 Å². The van der Waals surface area contributed by atoms with Gasteiger partial charge >= 0.3 is 0 Å². The number of likely N-dealkylation sites (tertiary alicyclic amines) is 1. The molecule has 3 atom stereocenters. The topological polar surface area (TPSA) is 35.5 Å². The second kappa shape index (κ2) is 6.69. The van der Waals surface area contributed by atoms with Crippen LogP contribution in [0.3, 0.4) is 0 Å². The van der Waals surface area contributed by atoms with E-state index in [1.54, 1.807) is 0 Å². The second-order valence-corrected chi connectivity index (χ2v) is 7.58. The smallest absolute Gasteiger partial charge is 0.0869 e. The lowest BCUT2D eigenvalue weighted by molar-refractivity contribution is 0.0646. The zero-order valence-electron chi connectivity index (χ0n) is 12.8. The van der Waals surface area contributed by atoms with E-state index in [4.69, 9.17) is 0 Å². The van der Waals surface area contributed by atoms with Crippen molar-refractivity contribution in [2.75, 3.05) is 31.1 Å². The summed E-state index contributed by atoms with van der Waals surface area (Å²) in [6.07, 6.45) is 2.11. The molecule has 2 aliphatic rings. The Morgan fingerprint density at radius 3 is 2.95 bits per heavy atom. The molecule has 0 aromatic heterocycles. The minimum atomic E-state index is -0.469. The third-order valence-corrected chi connectivity index (χ3v) is 6.09. The Morgan fingerprint density at radius 1 is 1.43 bits per heavy atom. The molecule has 2 aliphatic heterocycles. The first-order chi connectivity index (χ1) is 10.2. The molecule has 0 saturated carbocycles. The molecule has 2 fully saturated rings. The summed E-state index contributed by atoms with van der Waals surface area (Å²) in [5.41, 5.74) is 0.923. The summed E-state index contributed by atoms with van der Waals surface area (Å²) in [4.78, 5) is 2.54. The van der Waals surface area contributed by atoms with Crippen molar-refractivity contribution in [1.82, 2.24) is 10.2 Å². The van der Waals surface area contributed by atoms with Gasteiger partial charge in [0.2, 0.25) is 0 Å². The van der Waals surface area contributed by atoms with Crippen molar-refractivity contribution in [3.8, 4) is 0 Å². The third kappa shape index (κ3) is 3.81. The minimum Gasteiger partial charge on any atom is -0.388 e. The van der Waals surface area contributed by atoms with Gasteiger partial charge in [0.15, 0.2) is 0 Å². The van der Waals surface area contributed by atoms with E-state index < -0.39 is 5.60 Å². The van der Waals surface area contributed by atoms with E-state index in [-0.39, 0.29) is 0 Å². The Bertz CT molecular complexity index is 447. The van der Waals surface area contributed by atoms with E-state index in [1.165, 1.54) is 12.0 Å². The van der Waals surface area contributed by atoms with Gasteiger partial charge in [-0.25, -0.2) is 0 Å². The molecule has 116 valence electrons. The maximum atomic E-state index is 10.4. The Hall–Kier alpha value is -0.550. The van der Waals surface area contributed by atoms with Crippen LogP contribution in [0.2, 0.25) is 0 Å². The van der Waals surface area contributed by atoms with Crippen molar-refractivity contribution in [1.29, 1.82) is 0 Å². The summed E-state index contributed by atoms with van der Waals surface area (Å²) >= 11 is 1.87. The van der Waals surface area contributed by atoms with Crippen LogP contribution < -0.4 is 5.32 Å². The van der Waals surface area contributed by atoms with E-state index >= 15 is 0 Å². The molecule has 3 rings (SSSR count). The van der Waals surface area contributed by atoms with Crippen molar-refractivity contribution in [3.05, 3.63) is 35.9 Å². The van der Waals surface area contributed by atoms with Gasteiger partial charge in [0.05, 0.1) is 5.60 Å². The van der Waals surface area contributed by atoms with Crippen LogP contribution >= 0.6 is 11.8 Å². The predicted octanol–water partition coefficient (Wildman–Crippen LogP) is 2.28. The van der Waals surface area contributed by atoms with Gasteiger partial charge < -0.3 is 10.4 Å². The first-order valence-electron chi connectivity index (χ1n) is 7.99. The van der Waals surface area contributed by atoms with E-state index in [0.717, 1.165) is 37.6 Å². The molecule has 4 heteroatoms. The fourth-order valence-corrected chi connectivity index (χ4v) is 4.61. The molecule has 0 aliphatic carbocycles. The van der Waals surface area contributed by atoms with Crippen molar-refractivity contribution in [2.45, 2.75) is 37.5 Å². The lowest BCUT2D eigenvalue weighted by Gasteiger charge is -2.26. The largest absolute Gasteiger partial charge is 0.388 e. The number of nitrogens with zero attached hydrogens (tertiary/aromatic N) is 1. The van der Waals surface area contributed by atoms with Gasteiger partial charge in [0, 0.05) is 37.5 Å². The zero-order valence-corrected chi connectivity index (χ0v) is 13.6. The van der Waals surface area contributed by atoms with E-state index in [2.05, 4.69) is 47.5 Å². The van der Waals surface area contributed by atoms with Crippen molar-refractivity contribution in [2.24, 2.45) is 0 Å². The first kappa shape index (κ1) is 15.3. The Labute approximate surface area is 132 Å². The van der Waals surface area contributed by atoms with Gasteiger partial charge in [-0.05, 0) is 31.1 Å². The SMILES string of the molecule is CC(c1ccccc1)N1CCC(NCC2(O)CCSC2)C1. The van der Waals surface area contributed by atoms with E-state index in [0.29, 0.717) is 12.1 Å². The summed E-state index contributed by atoms with van der Waals surface area (Å²) in [6, 6.07) is 11.7. The third-order valence-electron chi connectivity index (χ3n) is 4.85. The number of benzene rings is 1. The fourth-order valence-electron chi connectivity index (χ4n) is 3.32. The standard InChI is InChI=1S/C17H26N2OS/c1-14(15-5-3-2-4-6-15)19-9-7-16(11-19)18-12-17(20)8-10-21-13-17/h2-6,14,16,18,20H,7-13H2,1H3. The number of aliphatic hydroxyl groups is 1. The van der Waals surface area contributed by atoms with Gasteiger partial charge in [-0.2, -0.15) is 11.8 Å². The molecule has 3 nitrogen and oxygen atoms in total. The quantitative estimate of drug-likeness (QED) is 0.875. The zero-order chi connectivity index (χ0) is 14.7. The van der Waals surface area contributed by atoms with Crippen LogP contribution in [0.1, 0.15) is 31.4 Å². The molecular formula is C17H26N2OS. The summed E-state index contributed by atoms with van der Waals surface area (Å²) in [5.74, 6) is 1.98.